The topological polar surface area (TPSA) is 78.9 Å². The number of nitrogens with zero attached hydrogens (tertiary/aromatic N) is 1. The Morgan fingerprint density at radius 1 is 1.42 bits per heavy atom. The van der Waals surface area contributed by atoms with E-state index in [-0.39, 0.29) is 24.5 Å². The summed E-state index contributed by atoms with van der Waals surface area (Å²) in [6, 6.07) is -0.301. The highest BCUT2D eigenvalue weighted by molar-refractivity contribution is 5.76. The average Bonchev–Trinajstić information content (AvgIpc) is 2.38. The van der Waals surface area contributed by atoms with E-state index in [1.54, 1.807) is 11.9 Å². The average molecular weight is 272 g/mol. The van der Waals surface area contributed by atoms with E-state index in [0.29, 0.717) is 19.6 Å². The second kappa shape index (κ2) is 7.99. The van der Waals surface area contributed by atoms with Crippen molar-refractivity contribution >= 4 is 12.0 Å². The quantitative estimate of drug-likeness (QED) is 0.767. The van der Waals surface area contributed by atoms with Gasteiger partial charge in [0, 0.05) is 32.3 Å². The van der Waals surface area contributed by atoms with Crippen LogP contribution in [0.25, 0.3) is 0 Å². The fourth-order valence-electron chi connectivity index (χ4n) is 2.30. The molecule has 1 aliphatic heterocycles. The molecule has 1 saturated heterocycles. The molecular formula is C13H24N2O4. The molecule has 1 heterocycles. The molecule has 0 radical (unpaired) electrons. The summed E-state index contributed by atoms with van der Waals surface area (Å²) in [6.45, 7) is 3.33. The minimum Gasteiger partial charge on any atom is -0.481 e. The van der Waals surface area contributed by atoms with Gasteiger partial charge >= 0.3 is 12.0 Å². The van der Waals surface area contributed by atoms with Gasteiger partial charge in [0.15, 0.2) is 0 Å². The number of aliphatic carboxylic acids is 1. The first kappa shape index (κ1) is 15.8. The van der Waals surface area contributed by atoms with E-state index in [1.165, 1.54) is 0 Å². The molecule has 0 bridgehead atoms. The van der Waals surface area contributed by atoms with E-state index in [9.17, 15) is 9.59 Å². The van der Waals surface area contributed by atoms with Gasteiger partial charge in [0.25, 0.3) is 0 Å². The Balaban J connectivity index is 2.47. The molecule has 6 nitrogen and oxygen atoms in total. The van der Waals surface area contributed by atoms with Crippen LogP contribution in [-0.4, -0.2) is 54.4 Å². The molecule has 0 aliphatic carbocycles. The van der Waals surface area contributed by atoms with Gasteiger partial charge in [-0.1, -0.05) is 13.3 Å². The molecule has 1 aliphatic rings. The zero-order chi connectivity index (χ0) is 14.3. The van der Waals surface area contributed by atoms with E-state index in [2.05, 4.69) is 5.32 Å². The van der Waals surface area contributed by atoms with Crippen molar-refractivity contribution in [1.29, 1.82) is 0 Å². The van der Waals surface area contributed by atoms with Crippen molar-refractivity contribution in [2.24, 2.45) is 0 Å². The number of carboxylic acid groups (broad SMARTS) is 1. The number of nitrogens with one attached hydrogen (secondary N) is 1. The largest absolute Gasteiger partial charge is 0.481 e. The van der Waals surface area contributed by atoms with Crippen LogP contribution in [0.4, 0.5) is 4.79 Å². The molecule has 1 rings (SSSR count). The first-order chi connectivity index (χ1) is 9.04. The number of urea groups is 1. The molecule has 1 unspecified atom stereocenters. The van der Waals surface area contributed by atoms with Gasteiger partial charge in [0.2, 0.25) is 0 Å². The maximum absolute atomic E-state index is 12.1. The van der Waals surface area contributed by atoms with Crippen LogP contribution >= 0.6 is 0 Å². The highest BCUT2D eigenvalue weighted by Gasteiger charge is 2.24. The van der Waals surface area contributed by atoms with E-state index >= 15 is 0 Å². The lowest BCUT2D eigenvalue weighted by Crippen LogP contribution is -2.49. The molecule has 2 N–H and O–H groups in total. The third-order valence-corrected chi connectivity index (χ3v) is 3.44. The van der Waals surface area contributed by atoms with Crippen LogP contribution in [-0.2, 0) is 9.53 Å². The summed E-state index contributed by atoms with van der Waals surface area (Å²) in [6.07, 6.45) is 3.17. The van der Waals surface area contributed by atoms with E-state index < -0.39 is 5.97 Å². The Labute approximate surface area is 114 Å². The van der Waals surface area contributed by atoms with Crippen LogP contribution in [0.2, 0.25) is 0 Å². The number of carboxylic acids is 1. The summed E-state index contributed by atoms with van der Waals surface area (Å²) in [5.74, 6) is -0.882. The predicted molar refractivity (Wildman–Crippen MR) is 71.1 cm³/mol. The first-order valence-corrected chi connectivity index (χ1v) is 6.87. The Morgan fingerprint density at radius 3 is 2.58 bits per heavy atom. The van der Waals surface area contributed by atoms with Gasteiger partial charge in [-0.3, -0.25) is 4.79 Å². The molecule has 0 spiro atoms. The zero-order valence-corrected chi connectivity index (χ0v) is 11.7. The van der Waals surface area contributed by atoms with Crippen molar-refractivity contribution in [3.8, 4) is 0 Å². The molecule has 6 heteroatoms. The summed E-state index contributed by atoms with van der Waals surface area (Å²) in [5.41, 5.74) is 0. The number of rotatable bonds is 6. The second-order valence-corrected chi connectivity index (χ2v) is 4.99. The number of hydrogen-bond donors (Lipinski definition) is 2. The maximum Gasteiger partial charge on any atom is 0.317 e. The summed E-state index contributed by atoms with van der Waals surface area (Å²) >= 11 is 0. The van der Waals surface area contributed by atoms with Crippen LogP contribution in [0.1, 0.15) is 39.0 Å². The van der Waals surface area contributed by atoms with Gasteiger partial charge in [-0.05, 0) is 19.3 Å². The molecule has 2 amide bonds. The van der Waals surface area contributed by atoms with Gasteiger partial charge in [-0.15, -0.1) is 0 Å². The summed E-state index contributed by atoms with van der Waals surface area (Å²) in [7, 11) is 1.76. The second-order valence-electron chi connectivity index (χ2n) is 4.99. The molecule has 19 heavy (non-hydrogen) atoms. The predicted octanol–water partition coefficient (Wildman–Crippen LogP) is 1.45. The van der Waals surface area contributed by atoms with Crippen molar-refractivity contribution in [2.75, 3.05) is 20.3 Å². The van der Waals surface area contributed by atoms with Gasteiger partial charge in [0.1, 0.15) is 0 Å². The molecular weight excluding hydrogens is 248 g/mol. The Morgan fingerprint density at radius 2 is 2.05 bits per heavy atom. The summed E-state index contributed by atoms with van der Waals surface area (Å²) < 4.78 is 5.27. The third-order valence-electron chi connectivity index (χ3n) is 3.44. The Bertz CT molecular complexity index is 303. The van der Waals surface area contributed by atoms with Crippen LogP contribution in [0, 0.1) is 0 Å². The van der Waals surface area contributed by atoms with Crippen molar-refractivity contribution in [1.82, 2.24) is 10.2 Å². The summed E-state index contributed by atoms with van der Waals surface area (Å²) in [4.78, 5) is 24.5. The Kier molecular flexibility index (Phi) is 6.62. The van der Waals surface area contributed by atoms with Gasteiger partial charge in [-0.2, -0.15) is 0 Å². The SMILES string of the molecule is CCCC(CC(=O)O)NC(=O)N(C)C1CCOCC1. The molecule has 1 fully saturated rings. The van der Waals surface area contributed by atoms with Crippen LogP contribution in [0.5, 0.6) is 0 Å². The lowest BCUT2D eigenvalue weighted by molar-refractivity contribution is -0.137. The smallest absolute Gasteiger partial charge is 0.317 e. The van der Waals surface area contributed by atoms with Crippen molar-refractivity contribution in [3.63, 3.8) is 0 Å². The number of hydrogen-bond acceptors (Lipinski definition) is 3. The zero-order valence-electron chi connectivity index (χ0n) is 11.7. The minimum atomic E-state index is -0.882. The molecule has 0 saturated carbocycles. The molecule has 110 valence electrons. The lowest BCUT2D eigenvalue weighted by atomic mass is 10.1. The van der Waals surface area contributed by atoms with Crippen molar-refractivity contribution < 1.29 is 19.4 Å². The first-order valence-electron chi connectivity index (χ1n) is 6.87. The number of ether oxygens (including phenoxy) is 1. The monoisotopic (exact) mass is 272 g/mol. The lowest BCUT2D eigenvalue weighted by Gasteiger charge is -2.32. The molecule has 1 atom stereocenters. The van der Waals surface area contributed by atoms with Crippen LogP contribution in [0.15, 0.2) is 0 Å². The normalized spacial score (nSPS) is 17.8. The number of carbonyl (C=O) groups is 2. The van der Waals surface area contributed by atoms with Gasteiger partial charge in [-0.25, -0.2) is 4.79 Å². The molecule has 0 aromatic rings. The van der Waals surface area contributed by atoms with Crippen LogP contribution in [0.3, 0.4) is 0 Å². The maximum atomic E-state index is 12.1. The molecule has 0 aromatic carbocycles. The number of carbonyl (C=O) groups excluding carboxylic acids is 1. The van der Waals surface area contributed by atoms with Gasteiger partial charge < -0.3 is 20.1 Å². The molecule has 0 aromatic heterocycles. The number of amides is 2. The van der Waals surface area contributed by atoms with Gasteiger partial charge in [0.05, 0.1) is 6.42 Å². The van der Waals surface area contributed by atoms with Crippen molar-refractivity contribution in [2.45, 2.75) is 51.1 Å². The highest BCUT2D eigenvalue weighted by Crippen LogP contribution is 2.13. The minimum absolute atomic E-state index is 0.0266. The third kappa shape index (κ3) is 5.46. The van der Waals surface area contributed by atoms with E-state index in [0.717, 1.165) is 19.3 Å². The highest BCUT2D eigenvalue weighted by atomic mass is 16.5. The Hall–Kier alpha value is -1.30. The summed E-state index contributed by atoms with van der Waals surface area (Å²) in [5, 5.41) is 11.6. The van der Waals surface area contributed by atoms with E-state index in [4.69, 9.17) is 9.84 Å². The standard InChI is InChI=1S/C13H24N2O4/c1-3-4-10(9-12(16)17)14-13(18)15(2)11-5-7-19-8-6-11/h10-11H,3-9H2,1-2H3,(H,14,18)(H,16,17). The van der Waals surface area contributed by atoms with Crippen LogP contribution < -0.4 is 5.32 Å². The van der Waals surface area contributed by atoms with Crippen molar-refractivity contribution in [3.05, 3.63) is 0 Å². The fraction of sp³-hybridized carbons (Fsp3) is 0.846. The fourth-order valence-corrected chi connectivity index (χ4v) is 2.30. The van der Waals surface area contributed by atoms with E-state index in [1.807, 2.05) is 6.92 Å².